The summed E-state index contributed by atoms with van der Waals surface area (Å²) < 4.78 is 16.1. The van der Waals surface area contributed by atoms with Crippen LogP contribution in [0.3, 0.4) is 0 Å². The van der Waals surface area contributed by atoms with Gasteiger partial charge in [-0.15, -0.1) is 0 Å². The molecule has 0 spiro atoms. The van der Waals surface area contributed by atoms with Gasteiger partial charge >= 0.3 is 0 Å². The minimum Gasteiger partial charge on any atom is -0.431 e. The van der Waals surface area contributed by atoms with E-state index in [0.717, 1.165) is 18.5 Å². The second kappa shape index (κ2) is 12.1. The molecule has 1 aromatic heterocycles. The van der Waals surface area contributed by atoms with Crippen LogP contribution in [-0.2, 0) is 16.0 Å². The fourth-order valence-electron chi connectivity index (χ4n) is 3.78. The number of hydrogen-bond acceptors (Lipinski definition) is 8. The van der Waals surface area contributed by atoms with Gasteiger partial charge in [-0.25, -0.2) is 0 Å². The highest BCUT2D eigenvalue weighted by molar-refractivity contribution is 6.08. The van der Waals surface area contributed by atoms with Gasteiger partial charge in [-0.2, -0.15) is 4.98 Å². The lowest BCUT2D eigenvalue weighted by molar-refractivity contribution is -0.0552. The molecule has 10 heteroatoms. The van der Waals surface area contributed by atoms with Crippen LogP contribution in [0.4, 0.5) is 11.7 Å². The van der Waals surface area contributed by atoms with Gasteiger partial charge in [0.05, 0.1) is 31.1 Å². The van der Waals surface area contributed by atoms with Crippen LogP contribution in [0.1, 0.15) is 53.6 Å². The maximum Gasteiger partial charge on any atom is 0.297 e. The number of morpholine rings is 1. The SMILES string of the molecule is CCCNC(=O)c1cc(CN2CCOCC2(C)C)ccc1NC(=O)c1coc(N(C)CCOC)n1. The number of nitrogens with one attached hydrogen (secondary N) is 2. The molecule has 1 aliphatic heterocycles. The van der Waals surface area contributed by atoms with Gasteiger partial charge in [0.25, 0.3) is 17.8 Å². The number of benzene rings is 1. The third-order valence-corrected chi connectivity index (χ3v) is 5.98. The Hall–Kier alpha value is -2.95. The number of carbonyl (C=O) groups is 2. The van der Waals surface area contributed by atoms with Gasteiger partial charge < -0.3 is 29.4 Å². The molecule has 0 radical (unpaired) electrons. The van der Waals surface area contributed by atoms with Crippen molar-refractivity contribution in [3.63, 3.8) is 0 Å². The van der Waals surface area contributed by atoms with Gasteiger partial charge in [0.1, 0.15) is 6.26 Å². The molecule has 0 unspecified atom stereocenters. The van der Waals surface area contributed by atoms with Gasteiger partial charge in [0, 0.05) is 45.9 Å². The first-order chi connectivity index (χ1) is 16.7. The van der Waals surface area contributed by atoms with E-state index in [4.69, 9.17) is 13.9 Å². The number of aromatic nitrogens is 1. The molecule has 10 nitrogen and oxygen atoms in total. The van der Waals surface area contributed by atoms with Crippen LogP contribution in [0, 0.1) is 0 Å². The number of ether oxygens (including phenoxy) is 2. The van der Waals surface area contributed by atoms with E-state index in [1.807, 2.05) is 19.1 Å². The third-order valence-electron chi connectivity index (χ3n) is 5.98. The number of rotatable bonds is 11. The molecular formula is C25H37N5O5. The van der Waals surface area contributed by atoms with Gasteiger partial charge in [-0.1, -0.05) is 13.0 Å². The predicted molar refractivity (Wildman–Crippen MR) is 134 cm³/mol. The first-order valence-corrected chi connectivity index (χ1v) is 12.0. The number of likely N-dealkylation sites (N-methyl/N-ethyl adjacent to an activating group) is 1. The van der Waals surface area contributed by atoms with E-state index in [2.05, 4.69) is 34.4 Å². The van der Waals surface area contributed by atoms with Crippen molar-refractivity contribution in [1.82, 2.24) is 15.2 Å². The van der Waals surface area contributed by atoms with Gasteiger partial charge in [-0.05, 0) is 38.0 Å². The van der Waals surface area contributed by atoms with Crippen LogP contribution in [0.5, 0.6) is 0 Å². The standard InChI is InChI=1S/C25H37N5O5/c1-6-9-26-22(31)19-14-18(15-30-11-13-34-17-25(30,2)3)7-8-20(19)27-23(32)21-16-35-24(28-21)29(4)10-12-33-5/h7-8,14,16H,6,9-13,15,17H2,1-5H3,(H,26,31)(H,27,32). The maximum absolute atomic E-state index is 13.0. The molecular weight excluding hydrogens is 450 g/mol. The van der Waals surface area contributed by atoms with Gasteiger partial charge in [-0.3, -0.25) is 14.5 Å². The number of amides is 2. The molecule has 1 aliphatic rings. The van der Waals surface area contributed by atoms with E-state index in [-0.39, 0.29) is 17.1 Å². The van der Waals surface area contributed by atoms with Crippen LogP contribution < -0.4 is 15.5 Å². The minimum atomic E-state index is -0.452. The molecule has 0 saturated carbocycles. The summed E-state index contributed by atoms with van der Waals surface area (Å²) >= 11 is 0. The summed E-state index contributed by atoms with van der Waals surface area (Å²) in [5, 5.41) is 5.74. The molecule has 0 aliphatic carbocycles. The topological polar surface area (TPSA) is 109 Å². The Morgan fingerprint density at radius 1 is 1.29 bits per heavy atom. The maximum atomic E-state index is 13.0. The van der Waals surface area contributed by atoms with Crippen molar-refractivity contribution in [2.24, 2.45) is 0 Å². The Kier molecular flexibility index (Phi) is 9.25. The van der Waals surface area contributed by atoms with Gasteiger partial charge in [0.15, 0.2) is 5.69 Å². The molecule has 2 aromatic rings. The molecule has 3 rings (SSSR count). The van der Waals surface area contributed by atoms with Crippen LogP contribution in [0.15, 0.2) is 28.9 Å². The highest BCUT2D eigenvalue weighted by atomic mass is 16.5. The zero-order chi connectivity index (χ0) is 25.4. The number of anilines is 2. The zero-order valence-corrected chi connectivity index (χ0v) is 21.3. The van der Waals surface area contributed by atoms with Crippen molar-refractivity contribution in [2.45, 2.75) is 39.3 Å². The van der Waals surface area contributed by atoms with E-state index in [9.17, 15) is 9.59 Å². The average molecular weight is 488 g/mol. The summed E-state index contributed by atoms with van der Waals surface area (Å²) in [6, 6.07) is 5.87. The first kappa shape index (κ1) is 26.7. The van der Waals surface area contributed by atoms with Crippen molar-refractivity contribution in [3.8, 4) is 0 Å². The lowest BCUT2D eigenvalue weighted by Crippen LogP contribution is -2.52. The first-order valence-electron chi connectivity index (χ1n) is 12.0. The molecule has 1 aromatic carbocycles. The Morgan fingerprint density at radius 2 is 2.09 bits per heavy atom. The number of nitrogens with zero attached hydrogens (tertiary/aromatic N) is 3. The van der Waals surface area contributed by atoms with Crippen molar-refractivity contribution < 1.29 is 23.5 Å². The van der Waals surface area contributed by atoms with Crippen molar-refractivity contribution >= 4 is 23.5 Å². The van der Waals surface area contributed by atoms with Crippen LogP contribution in [0.25, 0.3) is 0 Å². The predicted octanol–water partition coefficient (Wildman–Crippen LogP) is 2.76. The molecule has 2 heterocycles. The molecule has 1 fully saturated rings. The lowest BCUT2D eigenvalue weighted by atomic mass is 10.00. The molecule has 0 bridgehead atoms. The minimum absolute atomic E-state index is 0.100. The summed E-state index contributed by atoms with van der Waals surface area (Å²) in [5.74, 6) is -0.683. The Balaban J connectivity index is 1.79. The third kappa shape index (κ3) is 7.03. The lowest BCUT2D eigenvalue weighted by Gasteiger charge is -2.42. The Labute approximate surface area is 207 Å². The molecule has 192 valence electrons. The molecule has 2 amide bonds. The second-order valence-corrected chi connectivity index (χ2v) is 9.31. The highest BCUT2D eigenvalue weighted by Crippen LogP contribution is 2.25. The number of hydrogen-bond donors (Lipinski definition) is 2. The number of methoxy groups -OCH3 is 1. The zero-order valence-electron chi connectivity index (χ0n) is 21.3. The largest absolute Gasteiger partial charge is 0.431 e. The normalized spacial score (nSPS) is 15.6. The summed E-state index contributed by atoms with van der Waals surface area (Å²) in [6.45, 7) is 10.7. The summed E-state index contributed by atoms with van der Waals surface area (Å²) in [6.07, 6.45) is 2.12. The molecule has 0 atom stereocenters. The smallest absolute Gasteiger partial charge is 0.297 e. The summed E-state index contributed by atoms with van der Waals surface area (Å²) in [5.41, 5.74) is 1.85. The van der Waals surface area contributed by atoms with Crippen molar-refractivity contribution in [2.75, 3.05) is 63.8 Å². The summed E-state index contributed by atoms with van der Waals surface area (Å²) in [7, 11) is 3.42. The average Bonchev–Trinajstić information content (AvgIpc) is 3.34. The Morgan fingerprint density at radius 3 is 2.80 bits per heavy atom. The van der Waals surface area contributed by atoms with Crippen molar-refractivity contribution in [1.29, 1.82) is 0 Å². The van der Waals surface area contributed by atoms with E-state index < -0.39 is 5.91 Å². The van der Waals surface area contributed by atoms with E-state index in [1.165, 1.54) is 6.26 Å². The molecule has 1 saturated heterocycles. The van der Waals surface area contributed by atoms with Crippen LogP contribution >= 0.6 is 0 Å². The highest BCUT2D eigenvalue weighted by Gasteiger charge is 2.30. The van der Waals surface area contributed by atoms with Crippen molar-refractivity contribution in [3.05, 3.63) is 41.3 Å². The quantitative estimate of drug-likeness (QED) is 0.498. The van der Waals surface area contributed by atoms with E-state index in [0.29, 0.717) is 56.7 Å². The van der Waals surface area contributed by atoms with E-state index >= 15 is 0 Å². The van der Waals surface area contributed by atoms with E-state index in [1.54, 1.807) is 25.1 Å². The molecule has 2 N–H and O–H groups in total. The second-order valence-electron chi connectivity index (χ2n) is 9.31. The fourth-order valence-corrected chi connectivity index (χ4v) is 3.78. The molecule has 35 heavy (non-hydrogen) atoms. The van der Waals surface area contributed by atoms with Crippen LogP contribution in [-0.4, -0.2) is 80.8 Å². The number of carbonyl (C=O) groups excluding carboxylic acids is 2. The van der Waals surface area contributed by atoms with Crippen LogP contribution in [0.2, 0.25) is 0 Å². The summed E-state index contributed by atoms with van der Waals surface area (Å²) in [4.78, 5) is 34.2. The monoisotopic (exact) mass is 487 g/mol. The fraction of sp³-hybridized carbons (Fsp3) is 0.560. The Bertz CT molecular complexity index is 1010. The number of oxazole rings is 1. The van der Waals surface area contributed by atoms with Gasteiger partial charge in [0.2, 0.25) is 0 Å².